The van der Waals surface area contributed by atoms with Gasteiger partial charge in [-0.3, -0.25) is 0 Å². The zero-order chi connectivity index (χ0) is 13.2. The van der Waals surface area contributed by atoms with Gasteiger partial charge in [-0.2, -0.15) is 0 Å². The van der Waals surface area contributed by atoms with E-state index in [9.17, 15) is 8.42 Å². The summed E-state index contributed by atoms with van der Waals surface area (Å²) in [6.07, 6.45) is 0. The van der Waals surface area contributed by atoms with Gasteiger partial charge in [-0.25, -0.2) is 8.42 Å². The van der Waals surface area contributed by atoms with Crippen LogP contribution in [0.3, 0.4) is 0 Å². The molecule has 0 atom stereocenters. The summed E-state index contributed by atoms with van der Waals surface area (Å²) in [5.74, 6) is 0. The SMILES string of the molecule is NCc1cc(Cl)ccc1S(=O)(=O)c1ccccc1. The predicted octanol–water partition coefficient (Wildman–Crippen LogP) is 2.63. The summed E-state index contributed by atoms with van der Waals surface area (Å²) >= 11 is 5.84. The number of sulfone groups is 1. The minimum atomic E-state index is -3.54. The Morgan fingerprint density at radius 2 is 1.72 bits per heavy atom. The van der Waals surface area contributed by atoms with Gasteiger partial charge in [-0.15, -0.1) is 0 Å². The predicted molar refractivity (Wildman–Crippen MR) is 71.2 cm³/mol. The molecule has 0 fully saturated rings. The third kappa shape index (κ3) is 2.41. The normalized spacial score (nSPS) is 11.4. The smallest absolute Gasteiger partial charge is 0.206 e. The molecule has 0 saturated heterocycles. The maximum atomic E-state index is 12.4. The van der Waals surface area contributed by atoms with Gasteiger partial charge in [0.1, 0.15) is 0 Å². The number of nitrogens with two attached hydrogens (primary N) is 1. The molecule has 2 rings (SSSR count). The van der Waals surface area contributed by atoms with Crippen molar-refractivity contribution in [2.45, 2.75) is 16.3 Å². The lowest BCUT2D eigenvalue weighted by Crippen LogP contribution is -2.08. The minimum absolute atomic E-state index is 0.127. The van der Waals surface area contributed by atoms with Crippen LogP contribution in [-0.2, 0) is 16.4 Å². The van der Waals surface area contributed by atoms with E-state index in [4.69, 9.17) is 17.3 Å². The van der Waals surface area contributed by atoms with Gasteiger partial charge in [0.25, 0.3) is 0 Å². The molecule has 0 heterocycles. The monoisotopic (exact) mass is 281 g/mol. The van der Waals surface area contributed by atoms with Gasteiger partial charge in [0, 0.05) is 11.6 Å². The first-order valence-corrected chi connectivity index (χ1v) is 7.20. The molecule has 18 heavy (non-hydrogen) atoms. The average Bonchev–Trinajstić information content (AvgIpc) is 2.39. The van der Waals surface area contributed by atoms with Gasteiger partial charge < -0.3 is 5.73 Å². The summed E-state index contributed by atoms with van der Waals surface area (Å²) in [7, 11) is -3.54. The van der Waals surface area contributed by atoms with Crippen molar-refractivity contribution in [2.75, 3.05) is 0 Å². The van der Waals surface area contributed by atoms with E-state index < -0.39 is 9.84 Å². The Labute approximate surface area is 111 Å². The summed E-state index contributed by atoms with van der Waals surface area (Å²) in [4.78, 5) is 0.461. The molecule has 0 aliphatic rings. The first-order valence-electron chi connectivity index (χ1n) is 5.34. The first kappa shape index (κ1) is 13.1. The van der Waals surface area contributed by atoms with Crippen molar-refractivity contribution in [1.82, 2.24) is 0 Å². The van der Waals surface area contributed by atoms with Crippen molar-refractivity contribution in [2.24, 2.45) is 5.73 Å². The molecule has 2 N–H and O–H groups in total. The molecule has 0 amide bonds. The highest BCUT2D eigenvalue weighted by atomic mass is 35.5. The van der Waals surface area contributed by atoms with E-state index in [0.717, 1.165) is 0 Å². The third-order valence-corrected chi connectivity index (χ3v) is 4.69. The van der Waals surface area contributed by atoms with E-state index >= 15 is 0 Å². The largest absolute Gasteiger partial charge is 0.326 e. The topological polar surface area (TPSA) is 60.2 Å². The molecule has 5 heteroatoms. The molecule has 0 spiro atoms. The second-order valence-corrected chi connectivity index (χ2v) is 6.13. The maximum absolute atomic E-state index is 12.4. The Bertz CT molecular complexity index is 654. The molecular weight excluding hydrogens is 270 g/mol. The van der Waals surface area contributed by atoms with Crippen LogP contribution in [0, 0.1) is 0 Å². The molecule has 0 bridgehead atoms. The van der Waals surface area contributed by atoms with Crippen molar-refractivity contribution >= 4 is 21.4 Å². The second-order valence-electron chi connectivity index (χ2n) is 3.77. The molecule has 0 unspecified atom stereocenters. The Kier molecular flexibility index (Phi) is 3.71. The standard InChI is InChI=1S/C13H12ClNO2S/c14-11-6-7-13(10(8-11)9-15)18(16,17)12-4-2-1-3-5-12/h1-8H,9,15H2. The lowest BCUT2D eigenvalue weighted by Gasteiger charge is -2.09. The quantitative estimate of drug-likeness (QED) is 0.941. The summed E-state index contributed by atoms with van der Waals surface area (Å²) in [6, 6.07) is 12.9. The molecule has 0 radical (unpaired) electrons. The number of hydrogen-bond acceptors (Lipinski definition) is 3. The highest BCUT2D eigenvalue weighted by molar-refractivity contribution is 7.91. The third-order valence-electron chi connectivity index (χ3n) is 2.59. The molecular formula is C13H12ClNO2S. The Balaban J connectivity index is 2.62. The van der Waals surface area contributed by atoms with Crippen molar-refractivity contribution < 1.29 is 8.42 Å². The Morgan fingerprint density at radius 3 is 2.33 bits per heavy atom. The van der Waals surface area contributed by atoms with Crippen LogP contribution in [0.5, 0.6) is 0 Å². The van der Waals surface area contributed by atoms with Crippen LogP contribution in [0.4, 0.5) is 0 Å². The van der Waals surface area contributed by atoms with Crippen molar-refractivity contribution in [1.29, 1.82) is 0 Å². The molecule has 2 aromatic carbocycles. The van der Waals surface area contributed by atoms with Gasteiger partial charge in [-0.1, -0.05) is 29.8 Å². The van der Waals surface area contributed by atoms with E-state index in [0.29, 0.717) is 10.6 Å². The van der Waals surface area contributed by atoms with E-state index in [-0.39, 0.29) is 16.3 Å². The van der Waals surface area contributed by atoms with Gasteiger partial charge >= 0.3 is 0 Å². The van der Waals surface area contributed by atoms with Gasteiger partial charge in [0.05, 0.1) is 9.79 Å². The van der Waals surface area contributed by atoms with Crippen molar-refractivity contribution in [3.63, 3.8) is 0 Å². The minimum Gasteiger partial charge on any atom is -0.326 e. The molecule has 0 aliphatic heterocycles. The Hall–Kier alpha value is -1.36. The van der Waals surface area contributed by atoms with Gasteiger partial charge in [0.15, 0.2) is 0 Å². The number of halogens is 1. The maximum Gasteiger partial charge on any atom is 0.206 e. The fourth-order valence-electron chi connectivity index (χ4n) is 1.70. The van der Waals surface area contributed by atoms with Crippen LogP contribution in [0.2, 0.25) is 5.02 Å². The van der Waals surface area contributed by atoms with Crippen LogP contribution in [0.1, 0.15) is 5.56 Å². The molecule has 3 nitrogen and oxygen atoms in total. The fraction of sp³-hybridized carbons (Fsp3) is 0.0769. The molecule has 2 aromatic rings. The highest BCUT2D eigenvalue weighted by Gasteiger charge is 2.20. The van der Waals surface area contributed by atoms with E-state index in [1.165, 1.54) is 6.07 Å². The summed E-state index contributed by atoms with van der Waals surface area (Å²) in [5, 5.41) is 0.475. The van der Waals surface area contributed by atoms with E-state index in [2.05, 4.69) is 0 Å². The fourth-order valence-corrected chi connectivity index (χ4v) is 3.40. The lowest BCUT2D eigenvalue weighted by atomic mass is 10.2. The van der Waals surface area contributed by atoms with E-state index in [1.807, 2.05) is 0 Å². The van der Waals surface area contributed by atoms with Crippen LogP contribution in [0.25, 0.3) is 0 Å². The summed E-state index contributed by atoms with van der Waals surface area (Å²) in [5.41, 5.74) is 6.09. The van der Waals surface area contributed by atoms with Gasteiger partial charge in [-0.05, 0) is 35.9 Å². The Morgan fingerprint density at radius 1 is 1.06 bits per heavy atom. The number of rotatable bonds is 3. The van der Waals surface area contributed by atoms with Crippen LogP contribution >= 0.6 is 11.6 Å². The lowest BCUT2D eigenvalue weighted by molar-refractivity contribution is 0.595. The van der Waals surface area contributed by atoms with Crippen molar-refractivity contribution in [3.05, 3.63) is 59.1 Å². The molecule has 0 saturated carbocycles. The highest BCUT2D eigenvalue weighted by Crippen LogP contribution is 2.26. The second kappa shape index (κ2) is 5.10. The number of benzene rings is 2. The molecule has 94 valence electrons. The van der Waals surface area contributed by atoms with Crippen molar-refractivity contribution in [3.8, 4) is 0 Å². The number of hydrogen-bond donors (Lipinski definition) is 1. The summed E-state index contributed by atoms with van der Waals surface area (Å²) < 4.78 is 24.9. The summed E-state index contributed by atoms with van der Waals surface area (Å²) in [6.45, 7) is 0.127. The molecule has 0 aromatic heterocycles. The van der Waals surface area contributed by atoms with E-state index in [1.54, 1.807) is 42.5 Å². The zero-order valence-electron chi connectivity index (χ0n) is 9.51. The van der Waals surface area contributed by atoms with Crippen LogP contribution in [-0.4, -0.2) is 8.42 Å². The zero-order valence-corrected chi connectivity index (χ0v) is 11.1. The first-order chi connectivity index (χ1) is 8.55. The average molecular weight is 282 g/mol. The van der Waals surface area contributed by atoms with Gasteiger partial charge in [0.2, 0.25) is 9.84 Å². The molecule has 0 aliphatic carbocycles. The van der Waals surface area contributed by atoms with Crippen LogP contribution < -0.4 is 5.73 Å². The van der Waals surface area contributed by atoms with Crippen LogP contribution in [0.15, 0.2) is 58.3 Å².